The van der Waals surface area contributed by atoms with Gasteiger partial charge in [-0.3, -0.25) is 19.6 Å². The van der Waals surface area contributed by atoms with Gasteiger partial charge in [-0.1, -0.05) is 0 Å². The zero-order chi connectivity index (χ0) is 15.0. The molecule has 0 atom stereocenters. The molecule has 0 aliphatic heterocycles. The van der Waals surface area contributed by atoms with Crippen molar-refractivity contribution in [3.63, 3.8) is 0 Å². The van der Waals surface area contributed by atoms with Gasteiger partial charge in [-0.15, -0.1) is 0 Å². The van der Waals surface area contributed by atoms with Crippen LogP contribution in [0.15, 0.2) is 0 Å². The highest BCUT2D eigenvalue weighted by Crippen LogP contribution is 2.29. The van der Waals surface area contributed by atoms with Gasteiger partial charge >= 0.3 is 5.69 Å². The lowest BCUT2D eigenvalue weighted by molar-refractivity contribution is -0.386. The molecule has 7 nitrogen and oxygen atoms in total. The molecule has 0 radical (unpaired) electrons. The van der Waals surface area contributed by atoms with E-state index in [0.717, 1.165) is 12.8 Å². The number of nitro groups is 1. The summed E-state index contributed by atoms with van der Waals surface area (Å²) in [5.41, 5.74) is 0.781. The van der Waals surface area contributed by atoms with Gasteiger partial charge in [0, 0.05) is 12.1 Å². The van der Waals surface area contributed by atoms with Crippen LogP contribution in [0.2, 0.25) is 0 Å². The first-order chi connectivity index (χ1) is 9.32. The zero-order valence-corrected chi connectivity index (χ0v) is 12.3. The van der Waals surface area contributed by atoms with E-state index in [4.69, 9.17) is 0 Å². The predicted molar refractivity (Wildman–Crippen MR) is 73.4 cm³/mol. The van der Waals surface area contributed by atoms with Gasteiger partial charge < -0.3 is 4.90 Å². The molecule has 1 fully saturated rings. The third kappa shape index (κ3) is 2.66. The smallest absolute Gasteiger partial charge is 0.312 e. The van der Waals surface area contributed by atoms with E-state index in [9.17, 15) is 14.9 Å². The second-order valence-electron chi connectivity index (χ2n) is 5.56. The molecular formula is C13H20N4O3. The van der Waals surface area contributed by atoms with Gasteiger partial charge in [-0.05, 0) is 40.5 Å². The number of hydrogen-bond acceptors (Lipinski definition) is 4. The summed E-state index contributed by atoms with van der Waals surface area (Å²) in [6.07, 6.45) is 2.09. The van der Waals surface area contributed by atoms with E-state index in [2.05, 4.69) is 5.10 Å². The second-order valence-corrected chi connectivity index (χ2v) is 5.56. The van der Waals surface area contributed by atoms with Gasteiger partial charge in [0.1, 0.15) is 17.9 Å². The summed E-state index contributed by atoms with van der Waals surface area (Å²) >= 11 is 0. The van der Waals surface area contributed by atoms with Crippen LogP contribution in [0, 0.1) is 24.0 Å². The van der Waals surface area contributed by atoms with E-state index < -0.39 is 4.92 Å². The molecule has 20 heavy (non-hydrogen) atoms. The Hall–Kier alpha value is -1.92. The minimum Gasteiger partial charge on any atom is -0.336 e. The first kappa shape index (κ1) is 14.5. The average Bonchev–Trinajstić information content (AvgIpc) is 3.07. The Morgan fingerprint density at radius 3 is 2.50 bits per heavy atom. The lowest BCUT2D eigenvalue weighted by Crippen LogP contribution is -2.41. The number of carbonyl (C=O) groups is 1. The van der Waals surface area contributed by atoms with Gasteiger partial charge in [0.2, 0.25) is 5.91 Å². The molecular weight excluding hydrogens is 260 g/mol. The van der Waals surface area contributed by atoms with Crippen molar-refractivity contribution in [2.75, 3.05) is 0 Å². The molecule has 2 rings (SSSR count). The van der Waals surface area contributed by atoms with Crippen molar-refractivity contribution < 1.29 is 9.72 Å². The molecule has 0 N–H and O–H groups in total. The number of carbonyl (C=O) groups excluding carboxylic acids is 1. The molecule has 1 aromatic heterocycles. The van der Waals surface area contributed by atoms with E-state index in [0.29, 0.717) is 17.4 Å². The minimum atomic E-state index is -0.445. The number of hydrogen-bond donors (Lipinski definition) is 0. The Kier molecular flexibility index (Phi) is 3.78. The van der Waals surface area contributed by atoms with Crippen molar-refractivity contribution in [1.82, 2.24) is 14.7 Å². The Bertz CT molecular complexity index is 544. The predicted octanol–water partition coefficient (Wildman–Crippen LogP) is 1.81. The SMILES string of the molecule is Cc1nn(CC(=O)N(C(C)C)C2CC2)c(C)c1[N+](=O)[O-]. The summed E-state index contributed by atoms with van der Waals surface area (Å²) in [5.74, 6) is -0.0250. The highest BCUT2D eigenvalue weighted by atomic mass is 16.6. The second kappa shape index (κ2) is 5.22. The maximum atomic E-state index is 12.4. The van der Waals surface area contributed by atoms with Gasteiger partial charge in [0.15, 0.2) is 0 Å². The van der Waals surface area contributed by atoms with Crippen molar-refractivity contribution >= 4 is 11.6 Å². The standard InChI is InChI=1S/C13H20N4O3/c1-8(2)16(11-5-6-11)12(18)7-15-10(4)13(17(19)20)9(3)14-15/h8,11H,5-7H2,1-4H3. The maximum absolute atomic E-state index is 12.4. The molecule has 0 spiro atoms. The van der Waals surface area contributed by atoms with Gasteiger partial charge in [0.25, 0.3) is 0 Å². The Morgan fingerprint density at radius 1 is 1.50 bits per heavy atom. The van der Waals surface area contributed by atoms with Crippen LogP contribution in [0.25, 0.3) is 0 Å². The molecule has 1 aliphatic rings. The molecule has 1 aromatic rings. The number of nitrogens with zero attached hydrogens (tertiary/aromatic N) is 4. The Balaban J connectivity index is 2.19. The van der Waals surface area contributed by atoms with Crippen LogP contribution in [0.3, 0.4) is 0 Å². The molecule has 7 heteroatoms. The molecule has 0 aromatic carbocycles. The monoisotopic (exact) mass is 280 g/mol. The molecule has 0 bridgehead atoms. The summed E-state index contributed by atoms with van der Waals surface area (Å²) in [6, 6.07) is 0.469. The van der Waals surface area contributed by atoms with Gasteiger partial charge in [0.05, 0.1) is 4.92 Å². The Morgan fingerprint density at radius 2 is 2.10 bits per heavy atom. The minimum absolute atomic E-state index is 0.000295. The van der Waals surface area contributed by atoms with Crippen LogP contribution in [0.1, 0.15) is 38.1 Å². The van der Waals surface area contributed by atoms with Crippen LogP contribution in [0.4, 0.5) is 5.69 Å². The van der Waals surface area contributed by atoms with Crippen LogP contribution in [-0.2, 0) is 11.3 Å². The van der Waals surface area contributed by atoms with E-state index in [1.54, 1.807) is 13.8 Å². The molecule has 110 valence electrons. The highest BCUT2D eigenvalue weighted by molar-refractivity contribution is 5.77. The number of rotatable bonds is 5. The molecule has 1 amide bonds. The molecule has 1 aliphatic carbocycles. The summed E-state index contributed by atoms with van der Waals surface area (Å²) in [6.45, 7) is 7.25. The van der Waals surface area contributed by atoms with Crippen LogP contribution < -0.4 is 0 Å². The normalized spacial score (nSPS) is 14.7. The first-order valence-corrected chi connectivity index (χ1v) is 6.82. The Labute approximate surface area is 117 Å². The van der Waals surface area contributed by atoms with Crippen molar-refractivity contribution in [3.8, 4) is 0 Å². The van der Waals surface area contributed by atoms with Crippen molar-refractivity contribution in [3.05, 3.63) is 21.5 Å². The molecule has 0 saturated heterocycles. The van der Waals surface area contributed by atoms with E-state index in [-0.39, 0.29) is 24.2 Å². The molecule has 0 unspecified atom stereocenters. The van der Waals surface area contributed by atoms with Gasteiger partial charge in [-0.2, -0.15) is 5.10 Å². The first-order valence-electron chi connectivity index (χ1n) is 6.82. The third-order valence-corrected chi connectivity index (χ3v) is 3.60. The fraction of sp³-hybridized carbons (Fsp3) is 0.692. The van der Waals surface area contributed by atoms with Crippen molar-refractivity contribution in [1.29, 1.82) is 0 Å². The topological polar surface area (TPSA) is 81.3 Å². The van der Waals surface area contributed by atoms with E-state index in [1.165, 1.54) is 4.68 Å². The zero-order valence-electron chi connectivity index (χ0n) is 12.3. The quantitative estimate of drug-likeness (QED) is 0.608. The van der Waals surface area contributed by atoms with Crippen LogP contribution in [-0.4, -0.2) is 37.6 Å². The van der Waals surface area contributed by atoms with Crippen molar-refractivity contribution in [2.45, 2.75) is 59.2 Å². The molecule has 1 heterocycles. The third-order valence-electron chi connectivity index (χ3n) is 3.60. The number of aryl methyl sites for hydroxylation is 1. The summed E-state index contributed by atoms with van der Waals surface area (Å²) in [4.78, 5) is 24.8. The summed E-state index contributed by atoms with van der Waals surface area (Å²) in [7, 11) is 0. The summed E-state index contributed by atoms with van der Waals surface area (Å²) < 4.78 is 1.44. The number of amides is 1. The highest BCUT2D eigenvalue weighted by Gasteiger charge is 2.35. The lowest BCUT2D eigenvalue weighted by atomic mass is 10.3. The molecule has 1 saturated carbocycles. The fourth-order valence-corrected chi connectivity index (χ4v) is 2.58. The van der Waals surface area contributed by atoms with E-state index >= 15 is 0 Å². The average molecular weight is 280 g/mol. The maximum Gasteiger partial charge on any atom is 0.312 e. The summed E-state index contributed by atoms with van der Waals surface area (Å²) in [5, 5.41) is 15.1. The largest absolute Gasteiger partial charge is 0.336 e. The fourth-order valence-electron chi connectivity index (χ4n) is 2.58. The van der Waals surface area contributed by atoms with E-state index in [1.807, 2.05) is 18.7 Å². The van der Waals surface area contributed by atoms with Crippen LogP contribution in [0.5, 0.6) is 0 Å². The lowest BCUT2D eigenvalue weighted by Gasteiger charge is -2.26. The van der Waals surface area contributed by atoms with Crippen molar-refractivity contribution in [2.24, 2.45) is 0 Å². The van der Waals surface area contributed by atoms with Crippen LogP contribution >= 0.6 is 0 Å². The number of aromatic nitrogens is 2. The van der Waals surface area contributed by atoms with Gasteiger partial charge in [-0.25, -0.2) is 0 Å².